The zero-order valence-corrected chi connectivity index (χ0v) is 14.4. The average molecular weight is 344 g/mol. The summed E-state index contributed by atoms with van der Waals surface area (Å²) in [6.45, 7) is 3.33. The first-order valence-electron chi connectivity index (χ1n) is 7.76. The summed E-state index contributed by atoms with van der Waals surface area (Å²) in [5.41, 5.74) is 0. The van der Waals surface area contributed by atoms with Crippen molar-refractivity contribution >= 4 is 27.3 Å². The summed E-state index contributed by atoms with van der Waals surface area (Å²) in [5, 5.41) is 5.95. The Morgan fingerprint density at radius 3 is 2.53 bits per heavy atom. The summed E-state index contributed by atoms with van der Waals surface area (Å²) in [6, 6.07) is 2.96. The van der Waals surface area contributed by atoms with Gasteiger partial charge in [0, 0.05) is 20.8 Å². The van der Waals surface area contributed by atoms with E-state index in [-0.39, 0.29) is 0 Å². The fourth-order valence-corrected chi connectivity index (χ4v) is 4.75. The third-order valence-electron chi connectivity index (χ3n) is 4.23. The summed E-state index contributed by atoms with van der Waals surface area (Å²) in [5.74, 6) is 0.876. The van der Waals surface area contributed by atoms with Gasteiger partial charge in [-0.05, 0) is 53.7 Å². The number of likely N-dealkylation sites (N-methyl/N-ethyl adjacent to an activating group) is 1. The van der Waals surface area contributed by atoms with Crippen molar-refractivity contribution in [2.24, 2.45) is 5.92 Å². The van der Waals surface area contributed by atoms with E-state index in [0.29, 0.717) is 6.04 Å². The molecular formula is C16H26BrNS. The summed E-state index contributed by atoms with van der Waals surface area (Å²) >= 11 is 5.46. The quantitative estimate of drug-likeness (QED) is 0.755. The Morgan fingerprint density at radius 2 is 1.95 bits per heavy atom. The van der Waals surface area contributed by atoms with Crippen LogP contribution in [-0.4, -0.2) is 12.6 Å². The molecule has 0 radical (unpaired) electrons. The summed E-state index contributed by atoms with van der Waals surface area (Å²) < 4.78 is 1.24. The Kier molecular flexibility index (Phi) is 6.89. The fourth-order valence-electron chi connectivity index (χ4n) is 3.24. The Hall–Kier alpha value is 0.140. The lowest BCUT2D eigenvalue weighted by Crippen LogP contribution is -2.38. The molecule has 1 aromatic rings. The molecule has 3 heteroatoms. The van der Waals surface area contributed by atoms with E-state index in [1.807, 2.05) is 11.3 Å². The Balaban J connectivity index is 1.96. The number of rotatable bonds is 5. The first-order valence-corrected chi connectivity index (χ1v) is 9.43. The van der Waals surface area contributed by atoms with Gasteiger partial charge in [0.1, 0.15) is 0 Å². The number of halogens is 1. The first kappa shape index (κ1) is 15.5. The van der Waals surface area contributed by atoms with Crippen molar-refractivity contribution in [3.8, 4) is 0 Å². The predicted octanol–water partition coefficient (Wildman–Crippen LogP) is 5.39. The monoisotopic (exact) mass is 343 g/mol. The highest BCUT2D eigenvalue weighted by molar-refractivity contribution is 9.10. The van der Waals surface area contributed by atoms with Crippen LogP contribution in [0.5, 0.6) is 0 Å². The Bertz CT molecular complexity index is 355. The predicted molar refractivity (Wildman–Crippen MR) is 89.0 cm³/mol. The normalized spacial score (nSPS) is 19.9. The molecule has 2 rings (SSSR count). The maximum Gasteiger partial charge on any atom is 0.0285 e. The molecule has 1 aliphatic rings. The van der Waals surface area contributed by atoms with Crippen LogP contribution in [0.1, 0.15) is 56.7 Å². The highest BCUT2D eigenvalue weighted by Gasteiger charge is 2.22. The van der Waals surface area contributed by atoms with E-state index in [1.54, 1.807) is 0 Å². The number of hydrogen-bond donors (Lipinski definition) is 1. The molecule has 0 spiro atoms. The standard InChI is InChI=1S/C16H26BrNS/c1-2-18-16(11-15-10-14(17)12-19-15)13-8-6-4-3-5-7-9-13/h10,12-13,16,18H,2-9,11H2,1H3. The molecule has 19 heavy (non-hydrogen) atoms. The highest BCUT2D eigenvalue weighted by atomic mass is 79.9. The van der Waals surface area contributed by atoms with Crippen LogP contribution in [-0.2, 0) is 6.42 Å². The molecule has 0 aliphatic heterocycles. The van der Waals surface area contributed by atoms with Crippen LogP contribution in [0, 0.1) is 5.92 Å². The minimum absolute atomic E-state index is 0.675. The van der Waals surface area contributed by atoms with Crippen molar-refractivity contribution in [1.29, 1.82) is 0 Å². The second-order valence-corrected chi connectivity index (χ2v) is 7.62. The fraction of sp³-hybridized carbons (Fsp3) is 0.750. The van der Waals surface area contributed by atoms with Crippen LogP contribution in [0.4, 0.5) is 0 Å². The molecule has 1 aromatic heterocycles. The molecule has 1 unspecified atom stereocenters. The van der Waals surface area contributed by atoms with E-state index in [0.717, 1.165) is 12.5 Å². The second-order valence-electron chi connectivity index (χ2n) is 5.70. The maximum atomic E-state index is 3.75. The number of nitrogens with one attached hydrogen (secondary N) is 1. The smallest absolute Gasteiger partial charge is 0.0285 e. The van der Waals surface area contributed by atoms with Gasteiger partial charge >= 0.3 is 0 Å². The van der Waals surface area contributed by atoms with Crippen molar-refractivity contribution < 1.29 is 0 Å². The molecule has 0 amide bonds. The molecule has 0 aromatic carbocycles. The van der Waals surface area contributed by atoms with Gasteiger partial charge in [-0.1, -0.05) is 39.0 Å². The lowest BCUT2D eigenvalue weighted by Gasteiger charge is -2.29. The van der Waals surface area contributed by atoms with Gasteiger partial charge in [0.2, 0.25) is 0 Å². The molecule has 1 heterocycles. The molecule has 1 atom stereocenters. The summed E-state index contributed by atoms with van der Waals surface area (Å²) in [7, 11) is 0. The van der Waals surface area contributed by atoms with Gasteiger partial charge < -0.3 is 5.32 Å². The van der Waals surface area contributed by atoms with Crippen molar-refractivity contribution in [2.75, 3.05) is 6.54 Å². The second kappa shape index (κ2) is 8.43. The lowest BCUT2D eigenvalue weighted by atomic mass is 9.84. The zero-order valence-electron chi connectivity index (χ0n) is 12.0. The molecule has 1 saturated carbocycles. The zero-order chi connectivity index (χ0) is 13.5. The third-order valence-corrected chi connectivity index (χ3v) is 5.95. The Morgan fingerprint density at radius 1 is 1.26 bits per heavy atom. The van der Waals surface area contributed by atoms with E-state index in [9.17, 15) is 0 Å². The number of thiophene rings is 1. The van der Waals surface area contributed by atoms with E-state index in [2.05, 4.69) is 39.6 Å². The van der Waals surface area contributed by atoms with E-state index in [1.165, 1.54) is 60.7 Å². The van der Waals surface area contributed by atoms with Crippen LogP contribution in [0.15, 0.2) is 15.9 Å². The summed E-state index contributed by atoms with van der Waals surface area (Å²) in [4.78, 5) is 1.51. The van der Waals surface area contributed by atoms with Crippen LogP contribution >= 0.6 is 27.3 Å². The topological polar surface area (TPSA) is 12.0 Å². The van der Waals surface area contributed by atoms with E-state index < -0.39 is 0 Å². The minimum Gasteiger partial charge on any atom is -0.314 e. The maximum absolute atomic E-state index is 3.75. The van der Waals surface area contributed by atoms with E-state index >= 15 is 0 Å². The molecular weight excluding hydrogens is 318 g/mol. The number of hydrogen-bond acceptors (Lipinski definition) is 2. The largest absolute Gasteiger partial charge is 0.314 e. The van der Waals surface area contributed by atoms with Gasteiger partial charge in [-0.25, -0.2) is 0 Å². The highest BCUT2D eigenvalue weighted by Crippen LogP contribution is 2.28. The lowest BCUT2D eigenvalue weighted by molar-refractivity contribution is 0.287. The van der Waals surface area contributed by atoms with Crippen molar-refractivity contribution in [2.45, 2.75) is 64.3 Å². The van der Waals surface area contributed by atoms with Crippen molar-refractivity contribution in [3.05, 3.63) is 20.8 Å². The molecule has 108 valence electrons. The summed E-state index contributed by atoms with van der Waals surface area (Å²) in [6.07, 6.45) is 11.3. The van der Waals surface area contributed by atoms with Gasteiger partial charge in [-0.2, -0.15) is 0 Å². The van der Waals surface area contributed by atoms with E-state index in [4.69, 9.17) is 0 Å². The Labute approximate surface area is 130 Å². The molecule has 1 nitrogen and oxygen atoms in total. The molecule has 0 saturated heterocycles. The third kappa shape index (κ3) is 5.20. The molecule has 1 N–H and O–H groups in total. The van der Waals surface area contributed by atoms with Crippen LogP contribution in [0.3, 0.4) is 0 Å². The van der Waals surface area contributed by atoms with Gasteiger partial charge in [0.25, 0.3) is 0 Å². The van der Waals surface area contributed by atoms with Gasteiger partial charge in [0.05, 0.1) is 0 Å². The van der Waals surface area contributed by atoms with Gasteiger partial charge in [-0.15, -0.1) is 11.3 Å². The van der Waals surface area contributed by atoms with Crippen molar-refractivity contribution in [3.63, 3.8) is 0 Å². The molecule has 1 fully saturated rings. The van der Waals surface area contributed by atoms with Crippen LogP contribution in [0.2, 0.25) is 0 Å². The van der Waals surface area contributed by atoms with Gasteiger partial charge in [-0.3, -0.25) is 0 Å². The van der Waals surface area contributed by atoms with Crippen LogP contribution < -0.4 is 5.32 Å². The average Bonchev–Trinajstić information content (AvgIpc) is 2.74. The van der Waals surface area contributed by atoms with Crippen molar-refractivity contribution in [1.82, 2.24) is 5.32 Å². The minimum atomic E-state index is 0.675. The molecule has 1 aliphatic carbocycles. The van der Waals surface area contributed by atoms with Gasteiger partial charge in [0.15, 0.2) is 0 Å². The SMILES string of the molecule is CCNC(Cc1cc(Br)cs1)C1CCCCCCC1. The first-order chi connectivity index (χ1) is 9.29. The molecule has 0 bridgehead atoms. The van der Waals surface area contributed by atoms with Crippen LogP contribution in [0.25, 0.3) is 0 Å².